The third kappa shape index (κ3) is 2.47. The van der Waals surface area contributed by atoms with E-state index in [4.69, 9.17) is 4.74 Å². The lowest BCUT2D eigenvalue weighted by atomic mass is 10.2. The van der Waals surface area contributed by atoms with Gasteiger partial charge in [-0.3, -0.25) is 4.79 Å². The van der Waals surface area contributed by atoms with E-state index in [-0.39, 0.29) is 6.10 Å². The largest absolute Gasteiger partial charge is 0.490 e. The molecule has 0 radical (unpaired) electrons. The lowest BCUT2D eigenvalue weighted by Gasteiger charge is -2.15. The summed E-state index contributed by atoms with van der Waals surface area (Å²) >= 11 is 0. The number of ether oxygens (including phenoxy) is 1. The molecule has 19 heavy (non-hydrogen) atoms. The van der Waals surface area contributed by atoms with Crippen LogP contribution in [0.1, 0.15) is 36.0 Å². The summed E-state index contributed by atoms with van der Waals surface area (Å²) in [5.41, 5.74) is 1.27. The SMILES string of the molecule is O=Cc1cc(-n2cnnn2)ccc1OC1CCCC1. The van der Waals surface area contributed by atoms with E-state index < -0.39 is 0 Å². The molecule has 0 amide bonds. The molecule has 1 heterocycles. The summed E-state index contributed by atoms with van der Waals surface area (Å²) in [7, 11) is 0. The van der Waals surface area contributed by atoms with E-state index >= 15 is 0 Å². The van der Waals surface area contributed by atoms with Crippen LogP contribution in [-0.2, 0) is 0 Å². The van der Waals surface area contributed by atoms with Crippen LogP contribution in [0.4, 0.5) is 0 Å². The van der Waals surface area contributed by atoms with Gasteiger partial charge in [0.1, 0.15) is 12.1 Å². The van der Waals surface area contributed by atoms with Crippen LogP contribution < -0.4 is 4.74 Å². The maximum absolute atomic E-state index is 11.2. The van der Waals surface area contributed by atoms with Crippen molar-refractivity contribution in [1.29, 1.82) is 0 Å². The quantitative estimate of drug-likeness (QED) is 0.782. The van der Waals surface area contributed by atoms with Crippen molar-refractivity contribution in [3.05, 3.63) is 30.1 Å². The predicted molar refractivity (Wildman–Crippen MR) is 67.4 cm³/mol. The molecule has 2 aromatic rings. The van der Waals surface area contributed by atoms with Gasteiger partial charge in [0.05, 0.1) is 17.4 Å². The summed E-state index contributed by atoms with van der Waals surface area (Å²) in [5, 5.41) is 10.9. The molecule has 3 rings (SSSR count). The first-order chi connectivity index (χ1) is 9.36. The maximum atomic E-state index is 11.2. The third-order valence-corrected chi connectivity index (χ3v) is 3.33. The van der Waals surface area contributed by atoms with Crippen molar-refractivity contribution in [3.8, 4) is 11.4 Å². The third-order valence-electron chi connectivity index (χ3n) is 3.33. The Labute approximate surface area is 110 Å². The minimum Gasteiger partial charge on any atom is -0.490 e. The second-order valence-corrected chi connectivity index (χ2v) is 4.62. The molecule has 1 saturated carbocycles. The Morgan fingerprint density at radius 3 is 2.84 bits per heavy atom. The van der Waals surface area contributed by atoms with Crippen molar-refractivity contribution in [3.63, 3.8) is 0 Å². The van der Waals surface area contributed by atoms with Crippen LogP contribution in [0.5, 0.6) is 5.75 Å². The molecule has 0 spiro atoms. The zero-order valence-electron chi connectivity index (χ0n) is 10.4. The zero-order valence-corrected chi connectivity index (χ0v) is 10.4. The number of carbonyl (C=O) groups is 1. The van der Waals surface area contributed by atoms with Crippen molar-refractivity contribution in [1.82, 2.24) is 20.2 Å². The summed E-state index contributed by atoms with van der Waals surface area (Å²) < 4.78 is 7.38. The van der Waals surface area contributed by atoms with Gasteiger partial charge in [0.15, 0.2) is 6.29 Å². The fraction of sp³-hybridized carbons (Fsp3) is 0.385. The molecule has 1 fully saturated rings. The number of hydrogen-bond acceptors (Lipinski definition) is 5. The number of tetrazole rings is 1. The first-order valence-corrected chi connectivity index (χ1v) is 6.36. The molecule has 1 aromatic carbocycles. The van der Waals surface area contributed by atoms with E-state index in [1.54, 1.807) is 12.1 Å². The fourth-order valence-electron chi connectivity index (χ4n) is 2.34. The van der Waals surface area contributed by atoms with Gasteiger partial charge in [-0.2, -0.15) is 0 Å². The minimum atomic E-state index is 0.234. The van der Waals surface area contributed by atoms with E-state index in [1.165, 1.54) is 23.9 Å². The highest BCUT2D eigenvalue weighted by Gasteiger charge is 2.18. The van der Waals surface area contributed by atoms with E-state index in [0.717, 1.165) is 24.8 Å². The molecule has 1 aliphatic carbocycles. The minimum absolute atomic E-state index is 0.234. The molecule has 1 aliphatic rings. The number of nitrogens with zero attached hydrogens (tertiary/aromatic N) is 4. The molecular weight excluding hydrogens is 244 g/mol. The predicted octanol–water partition coefficient (Wildman–Crippen LogP) is 1.80. The molecule has 0 N–H and O–H groups in total. The smallest absolute Gasteiger partial charge is 0.153 e. The summed E-state index contributed by atoms with van der Waals surface area (Å²) in [5.74, 6) is 0.638. The molecule has 0 aliphatic heterocycles. The van der Waals surface area contributed by atoms with Gasteiger partial charge < -0.3 is 4.74 Å². The van der Waals surface area contributed by atoms with Gasteiger partial charge >= 0.3 is 0 Å². The molecular formula is C13H14N4O2. The number of benzene rings is 1. The molecule has 0 saturated heterocycles. The highest BCUT2D eigenvalue weighted by atomic mass is 16.5. The highest BCUT2D eigenvalue weighted by molar-refractivity contribution is 5.80. The topological polar surface area (TPSA) is 69.9 Å². The Morgan fingerprint density at radius 1 is 1.32 bits per heavy atom. The van der Waals surface area contributed by atoms with E-state index in [2.05, 4.69) is 15.5 Å². The van der Waals surface area contributed by atoms with Crippen LogP contribution in [-0.4, -0.2) is 32.6 Å². The molecule has 6 nitrogen and oxygen atoms in total. The first kappa shape index (κ1) is 11.8. The van der Waals surface area contributed by atoms with Gasteiger partial charge in [0, 0.05) is 0 Å². The number of aromatic nitrogens is 4. The maximum Gasteiger partial charge on any atom is 0.153 e. The summed E-state index contributed by atoms with van der Waals surface area (Å²) in [6.45, 7) is 0. The van der Waals surface area contributed by atoms with Crippen molar-refractivity contribution in [2.45, 2.75) is 31.8 Å². The first-order valence-electron chi connectivity index (χ1n) is 6.36. The summed E-state index contributed by atoms with van der Waals surface area (Å²) in [6, 6.07) is 5.38. The van der Waals surface area contributed by atoms with Gasteiger partial charge in [-0.25, -0.2) is 4.68 Å². The second kappa shape index (κ2) is 5.17. The van der Waals surface area contributed by atoms with E-state index in [1.807, 2.05) is 6.07 Å². The monoisotopic (exact) mass is 258 g/mol. The number of hydrogen-bond donors (Lipinski definition) is 0. The molecule has 0 unspecified atom stereocenters. The van der Waals surface area contributed by atoms with E-state index in [9.17, 15) is 4.79 Å². The van der Waals surface area contributed by atoms with Gasteiger partial charge in [-0.1, -0.05) is 0 Å². The zero-order chi connectivity index (χ0) is 13.1. The van der Waals surface area contributed by atoms with Gasteiger partial charge in [0.25, 0.3) is 0 Å². The highest BCUT2D eigenvalue weighted by Crippen LogP contribution is 2.27. The standard InChI is InChI=1S/C13H14N4O2/c18-8-10-7-11(17-9-14-15-16-17)5-6-13(10)19-12-3-1-2-4-12/h5-9,12H,1-4H2. The Hall–Kier alpha value is -2.24. The van der Waals surface area contributed by atoms with Crippen LogP contribution in [0.3, 0.4) is 0 Å². The Morgan fingerprint density at radius 2 is 2.16 bits per heavy atom. The summed E-state index contributed by atoms with van der Waals surface area (Å²) in [6.07, 6.45) is 7.05. The molecule has 0 atom stereocenters. The van der Waals surface area contributed by atoms with Crippen LogP contribution in [0, 0.1) is 0 Å². The van der Waals surface area contributed by atoms with Crippen LogP contribution in [0.2, 0.25) is 0 Å². The van der Waals surface area contributed by atoms with Crippen molar-refractivity contribution in [2.24, 2.45) is 0 Å². The lowest BCUT2D eigenvalue weighted by molar-refractivity contribution is 0.111. The average Bonchev–Trinajstić information content (AvgIpc) is 3.12. The van der Waals surface area contributed by atoms with Crippen molar-refractivity contribution in [2.75, 3.05) is 0 Å². The Bertz CT molecular complexity index is 562. The second-order valence-electron chi connectivity index (χ2n) is 4.62. The van der Waals surface area contributed by atoms with Gasteiger partial charge in [-0.15, -0.1) is 5.10 Å². The van der Waals surface area contributed by atoms with Crippen LogP contribution in [0.15, 0.2) is 24.5 Å². The molecule has 6 heteroatoms. The van der Waals surface area contributed by atoms with Crippen LogP contribution >= 0.6 is 0 Å². The molecule has 98 valence electrons. The summed E-state index contributed by atoms with van der Waals surface area (Å²) in [4.78, 5) is 11.2. The van der Waals surface area contributed by atoms with E-state index in [0.29, 0.717) is 11.3 Å². The molecule has 0 bridgehead atoms. The lowest BCUT2D eigenvalue weighted by Crippen LogP contribution is -2.12. The number of carbonyl (C=O) groups excluding carboxylic acids is 1. The van der Waals surface area contributed by atoms with Crippen molar-refractivity contribution >= 4 is 6.29 Å². The van der Waals surface area contributed by atoms with Crippen LogP contribution in [0.25, 0.3) is 5.69 Å². The Balaban J connectivity index is 1.86. The Kier molecular flexibility index (Phi) is 3.22. The molecule has 1 aromatic heterocycles. The number of rotatable bonds is 4. The normalized spacial score (nSPS) is 15.6. The van der Waals surface area contributed by atoms with Gasteiger partial charge in [0.2, 0.25) is 0 Å². The van der Waals surface area contributed by atoms with Gasteiger partial charge in [-0.05, 0) is 54.3 Å². The number of aldehydes is 1. The van der Waals surface area contributed by atoms with Crippen molar-refractivity contribution < 1.29 is 9.53 Å². The average molecular weight is 258 g/mol. The fourth-order valence-corrected chi connectivity index (χ4v) is 2.34.